The van der Waals surface area contributed by atoms with Gasteiger partial charge in [0.25, 0.3) is 0 Å². The summed E-state index contributed by atoms with van der Waals surface area (Å²) in [6.07, 6.45) is 0.112. The minimum Gasteiger partial charge on any atom is -0.465 e. The van der Waals surface area contributed by atoms with Crippen LogP contribution in [0.3, 0.4) is 0 Å². The Morgan fingerprint density at radius 3 is 2.88 bits per heavy atom. The monoisotopic (exact) mass is 220 g/mol. The van der Waals surface area contributed by atoms with E-state index in [9.17, 15) is 4.79 Å². The van der Waals surface area contributed by atoms with Crippen LogP contribution in [0.15, 0.2) is 24.3 Å². The van der Waals surface area contributed by atoms with Crippen LogP contribution in [0.1, 0.15) is 11.1 Å². The van der Waals surface area contributed by atoms with Gasteiger partial charge in [-0.25, -0.2) is 4.79 Å². The van der Waals surface area contributed by atoms with Crippen LogP contribution in [0.5, 0.6) is 0 Å². The molecule has 1 aromatic rings. The molecule has 0 fully saturated rings. The van der Waals surface area contributed by atoms with Gasteiger partial charge in [-0.05, 0) is 17.5 Å². The number of carboxylic acid groups (broad SMARTS) is 1. The highest BCUT2D eigenvalue weighted by atomic mass is 16.4. The van der Waals surface area contributed by atoms with E-state index in [0.717, 1.165) is 26.1 Å². The lowest BCUT2D eigenvalue weighted by Gasteiger charge is -2.28. The number of nitrogens with one attached hydrogen (secondary N) is 1. The Balaban J connectivity index is 1.86. The lowest BCUT2D eigenvalue weighted by Crippen LogP contribution is -2.37. The zero-order valence-corrected chi connectivity index (χ0v) is 9.15. The number of nitrogens with zero attached hydrogens (tertiary/aromatic N) is 1. The number of hydrogen-bond acceptors (Lipinski definition) is 2. The maximum absolute atomic E-state index is 10.3. The molecular formula is C12H16N2O2. The molecule has 0 spiro atoms. The van der Waals surface area contributed by atoms with Gasteiger partial charge in [0.15, 0.2) is 0 Å². The Bertz CT molecular complexity index is 379. The summed E-state index contributed by atoms with van der Waals surface area (Å²) >= 11 is 0. The summed E-state index contributed by atoms with van der Waals surface area (Å²) in [5.74, 6) is 0. The highest BCUT2D eigenvalue weighted by molar-refractivity contribution is 5.64. The minimum absolute atomic E-state index is 0.498. The van der Waals surface area contributed by atoms with Crippen molar-refractivity contribution in [2.45, 2.75) is 13.0 Å². The summed E-state index contributed by atoms with van der Waals surface area (Å²) in [5.41, 5.74) is 2.79. The number of carbonyl (C=O) groups is 1. The summed E-state index contributed by atoms with van der Waals surface area (Å²) < 4.78 is 0. The molecule has 0 unspecified atom stereocenters. The first-order valence-corrected chi connectivity index (χ1v) is 5.51. The first kappa shape index (κ1) is 11.0. The first-order chi connectivity index (χ1) is 7.75. The van der Waals surface area contributed by atoms with Gasteiger partial charge in [-0.2, -0.15) is 0 Å². The summed E-state index contributed by atoms with van der Waals surface area (Å²) in [6, 6.07) is 8.44. The largest absolute Gasteiger partial charge is 0.465 e. The van der Waals surface area contributed by atoms with E-state index in [1.165, 1.54) is 11.1 Å². The molecule has 1 heterocycles. The Morgan fingerprint density at radius 2 is 2.12 bits per heavy atom. The van der Waals surface area contributed by atoms with Gasteiger partial charge < -0.3 is 10.4 Å². The van der Waals surface area contributed by atoms with Crippen molar-refractivity contribution in [3.05, 3.63) is 35.4 Å². The predicted octanol–water partition coefficient (Wildman–Crippen LogP) is 1.31. The Kier molecular flexibility index (Phi) is 3.41. The fourth-order valence-electron chi connectivity index (χ4n) is 2.07. The summed E-state index contributed by atoms with van der Waals surface area (Å²) in [4.78, 5) is 12.6. The average molecular weight is 220 g/mol. The van der Waals surface area contributed by atoms with Crippen LogP contribution in [0.25, 0.3) is 0 Å². The van der Waals surface area contributed by atoms with E-state index in [2.05, 4.69) is 34.5 Å². The van der Waals surface area contributed by atoms with Gasteiger partial charge in [0.2, 0.25) is 0 Å². The van der Waals surface area contributed by atoms with Crippen LogP contribution >= 0.6 is 0 Å². The third kappa shape index (κ3) is 2.73. The first-order valence-electron chi connectivity index (χ1n) is 5.51. The van der Waals surface area contributed by atoms with Gasteiger partial charge in [-0.1, -0.05) is 24.3 Å². The maximum Gasteiger partial charge on any atom is 0.404 e. The number of rotatable bonds is 3. The number of hydrogen-bond donors (Lipinski definition) is 2. The summed E-state index contributed by atoms with van der Waals surface area (Å²) in [5, 5.41) is 10.9. The molecule has 1 amide bonds. The molecule has 0 aliphatic carbocycles. The second kappa shape index (κ2) is 4.99. The Hall–Kier alpha value is -1.55. The SMILES string of the molecule is O=C(O)NCCN1CCc2ccccc2C1. The molecule has 86 valence electrons. The fourth-order valence-corrected chi connectivity index (χ4v) is 2.07. The zero-order valence-electron chi connectivity index (χ0n) is 9.15. The van der Waals surface area contributed by atoms with Crippen LogP contribution in [-0.2, 0) is 13.0 Å². The molecule has 0 atom stereocenters. The molecule has 0 radical (unpaired) electrons. The zero-order chi connectivity index (χ0) is 11.4. The summed E-state index contributed by atoms with van der Waals surface area (Å²) in [7, 11) is 0. The van der Waals surface area contributed by atoms with Crippen molar-refractivity contribution in [2.24, 2.45) is 0 Å². The van der Waals surface area contributed by atoms with Crippen LogP contribution in [-0.4, -0.2) is 35.7 Å². The van der Waals surface area contributed by atoms with Gasteiger partial charge in [0, 0.05) is 26.2 Å². The number of amides is 1. The smallest absolute Gasteiger partial charge is 0.404 e. The molecule has 1 aliphatic heterocycles. The van der Waals surface area contributed by atoms with Crippen LogP contribution in [0.4, 0.5) is 4.79 Å². The van der Waals surface area contributed by atoms with E-state index in [0.29, 0.717) is 6.54 Å². The standard InChI is InChI=1S/C12H16N2O2/c15-12(16)13-6-8-14-7-5-10-3-1-2-4-11(10)9-14/h1-4,13H,5-9H2,(H,15,16). The third-order valence-corrected chi connectivity index (χ3v) is 2.91. The van der Waals surface area contributed by atoms with E-state index in [-0.39, 0.29) is 0 Å². The van der Waals surface area contributed by atoms with Gasteiger partial charge >= 0.3 is 6.09 Å². The molecule has 2 rings (SSSR count). The number of fused-ring (bicyclic) bond motifs is 1. The van der Waals surface area contributed by atoms with Gasteiger partial charge in [-0.3, -0.25) is 4.90 Å². The Labute approximate surface area is 94.9 Å². The lowest BCUT2D eigenvalue weighted by molar-refractivity contribution is 0.189. The minimum atomic E-state index is -0.947. The van der Waals surface area contributed by atoms with Gasteiger partial charge in [-0.15, -0.1) is 0 Å². The van der Waals surface area contributed by atoms with E-state index in [4.69, 9.17) is 5.11 Å². The molecular weight excluding hydrogens is 204 g/mol. The predicted molar refractivity (Wildman–Crippen MR) is 61.5 cm³/mol. The van der Waals surface area contributed by atoms with Crippen molar-refractivity contribution in [3.8, 4) is 0 Å². The molecule has 16 heavy (non-hydrogen) atoms. The molecule has 2 N–H and O–H groups in total. The van der Waals surface area contributed by atoms with E-state index in [1.807, 2.05) is 0 Å². The van der Waals surface area contributed by atoms with Gasteiger partial charge in [0.1, 0.15) is 0 Å². The van der Waals surface area contributed by atoms with Crippen molar-refractivity contribution in [2.75, 3.05) is 19.6 Å². The van der Waals surface area contributed by atoms with Crippen molar-refractivity contribution in [1.82, 2.24) is 10.2 Å². The average Bonchev–Trinajstić information content (AvgIpc) is 2.28. The van der Waals surface area contributed by atoms with Crippen LogP contribution < -0.4 is 5.32 Å². The van der Waals surface area contributed by atoms with Crippen molar-refractivity contribution >= 4 is 6.09 Å². The number of benzene rings is 1. The summed E-state index contributed by atoms with van der Waals surface area (Å²) in [6.45, 7) is 3.22. The van der Waals surface area contributed by atoms with Crippen LogP contribution in [0.2, 0.25) is 0 Å². The highest BCUT2D eigenvalue weighted by Crippen LogP contribution is 2.17. The van der Waals surface area contributed by atoms with Gasteiger partial charge in [0.05, 0.1) is 0 Å². The topological polar surface area (TPSA) is 52.6 Å². The second-order valence-electron chi connectivity index (χ2n) is 4.03. The normalized spacial score (nSPS) is 15.5. The lowest BCUT2D eigenvalue weighted by atomic mass is 10.00. The quantitative estimate of drug-likeness (QED) is 0.807. The molecule has 4 heteroatoms. The molecule has 0 bridgehead atoms. The van der Waals surface area contributed by atoms with E-state index in [1.54, 1.807) is 0 Å². The fraction of sp³-hybridized carbons (Fsp3) is 0.417. The van der Waals surface area contributed by atoms with Crippen molar-refractivity contribution < 1.29 is 9.90 Å². The molecule has 0 saturated carbocycles. The van der Waals surface area contributed by atoms with Crippen molar-refractivity contribution in [1.29, 1.82) is 0 Å². The Morgan fingerprint density at radius 1 is 1.38 bits per heavy atom. The van der Waals surface area contributed by atoms with E-state index >= 15 is 0 Å². The van der Waals surface area contributed by atoms with Crippen LogP contribution in [0, 0.1) is 0 Å². The third-order valence-electron chi connectivity index (χ3n) is 2.91. The van der Waals surface area contributed by atoms with E-state index < -0.39 is 6.09 Å². The van der Waals surface area contributed by atoms with Crippen molar-refractivity contribution in [3.63, 3.8) is 0 Å². The second-order valence-corrected chi connectivity index (χ2v) is 4.03. The molecule has 0 saturated heterocycles. The maximum atomic E-state index is 10.3. The highest BCUT2D eigenvalue weighted by Gasteiger charge is 2.14. The molecule has 0 aromatic heterocycles. The molecule has 1 aromatic carbocycles. The molecule has 1 aliphatic rings. The molecule has 4 nitrogen and oxygen atoms in total.